The number of hydrogen-bond donors (Lipinski definition) is 0. The van der Waals surface area contributed by atoms with Crippen molar-refractivity contribution >= 4 is 38.6 Å². The largest absolute Gasteiger partial charge is 0.368 e. The van der Waals surface area contributed by atoms with Crippen molar-refractivity contribution in [2.24, 2.45) is 5.92 Å². The number of fused-ring (bicyclic) bond motifs is 1. The van der Waals surface area contributed by atoms with Crippen LogP contribution in [0.25, 0.3) is 22.3 Å². The van der Waals surface area contributed by atoms with Crippen LogP contribution in [0.3, 0.4) is 0 Å². The first kappa shape index (κ1) is 30.3. The molecule has 14 heteroatoms. The van der Waals surface area contributed by atoms with Crippen LogP contribution in [0.4, 0.5) is 26.2 Å². The van der Waals surface area contributed by atoms with E-state index in [0.29, 0.717) is 35.5 Å². The molecular weight excluding hydrogens is 590 g/mol. The number of hydrogen-bond acceptors (Lipinski definition) is 10. The molecule has 1 aliphatic heterocycles. The van der Waals surface area contributed by atoms with E-state index in [9.17, 15) is 8.42 Å². The molecule has 6 rings (SSSR count). The highest BCUT2D eigenvalue weighted by atomic mass is 32.2. The fourth-order valence-corrected chi connectivity index (χ4v) is 6.07. The Morgan fingerprint density at radius 2 is 1.75 bits per heavy atom. The summed E-state index contributed by atoms with van der Waals surface area (Å²) in [5.74, 6) is -0.423. The van der Waals surface area contributed by atoms with Crippen LogP contribution in [0.15, 0.2) is 30.5 Å². The zero-order chi connectivity index (χ0) is 31.3. The zero-order valence-electron chi connectivity index (χ0n) is 25.5. The van der Waals surface area contributed by atoms with Crippen LogP contribution in [-0.2, 0) is 20.9 Å². The molecule has 0 bridgehead atoms. The molecule has 11 nitrogen and oxygen atoms in total. The quantitative estimate of drug-likeness (QED) is 0.242. The maximum Gasteiger partial charge on any atom is 0.285 e. The Kier molecular flexibility index (Phi) is 8.01. The summed E-state index contributed by atoms with van der Waals surface area (Å²) in [6, 6.07) is 6.74. The minimum absolute atomic E-state index is 0.0924. The summed E-state index contributed by atoms with van der Waals surface area (Å²) in [6.07, 6.45) is 3.99. The molecule has 0 spiro atoms. The lowest BCUT2D eigenvalue weighted by molar-refractivity contribution is 0.209. The van der Waals surface area contributed by atoms with Gasteiger partial charge >= 0.3 is 0 Å². The molecule has 4 heterocycles. The molecule has 4 aromatic rings. The molecule has 0 unspecified atom stereocenters. The highest BCUT2D eigenvalue weighted by Crippen LogP contribution is 2.35. The van der Waals surface area contributed by atoms with E-state index in [-0.39, 0.29) is 28.5 Å². The first-order valence-electron chi connectivity index (χ1n) is 14.7. The second kappa shape index (κ2) is 11.6. The second-order valence-electron chi connectivity index (χ2n) is 11.9. The van der Waals surface area contributed by atoms with Crippen LogP contribution in [0, 0.1) is 31.4 Å². The predicted octanol–water partition coefficient (Wildman–Crippen LogP) is 4.75. The molecule has 44 heavy (non-hydrogen) atoms. The molecule has 0 radical (unpaired) electrons. The van der Waals surface area contributed by atoms with Crippen molar-refractivity contribution in [3.05, 3.63) is 53.6 Å². The maximum atomic E-state index is 15.3. The van der Waals surface area contributed by atoms with Gasteiger partial charge in [0, 0.05) is 44.3 Å². The van der Waals surface area contributed by atoms with Crippen molar-refractivity contribution in [1.82, 2.24) is 29.4 Å². The highest BCUT2D eigenvalue weighted by molar-refractivity contribution is 7.86. The molecule has 1 aliphatic carbocycles. The van der Waals surface area contributed by atoms with Crippen LogP contribution >= 0.6 is 0 Å². The van der Waals surface area contributed by atoms with E-state index in [2.05, 4.69) is 43.6 Å². The minimum Gasteiger partial charge on any atom is -0.368 e. The van der Waals surface area contributed by atoms with E-state index in [1.807, 2.05) is 24.5 Å². The zero-order valence-corrected chi connectivity index (χ0v) is 26.3. The summed E-state index contributed by atoms with van der Waals surface area (Å²) >= 11 is 0. The van der Waals surface area contributed by atoms with Gasteiger partial charge < -0.3 is 9.47 Å². The minimum atomic E-state index is -4.08. The standard InChI is InChI=1S/C30H36F2N8O3S/c1-18(2)37-10-12-38(13-11-37)25-8-9-27(34-19(25)3)40(43-44(5,41)42)30-33-16-24(32)28(36-30)22-14-23(31)29-26(15-22)39(20(4)35-29)17-21-6-7-21/h8-9,14-16,18,21H,6-7,10-13,17H2,1-5H3. The van der Waals surface area contributed by atoms with E-state index in [1.54, 1.807) is 12.1 Å². The number of nitrogens with zero attached hydrogens (tertiary/aromatic N) is 8. The monoisotopic (exact) mass is 626 g/mol. The van der Waals surface area contributed by atoms with Crippen molar-refractivity contribution in [3.63, 3.8) is 0 Å². The fraction of sp³-hybridized carbons (Fsp3) is 0.467. The Bertz CT molecular complexity index is 1820. The Labute approximate surface area is 255 Å². The van der Waals surface area contributed by atoms with Gasteiger partial charge in [-0.25, -0.2) is 28.7 Å². The molecule has 2 aliphatic rings. The van der Waals surface area contributed by atoms with E-state index in [4.69, 9.17) is 4.28 Å². The third-order valence-corrected chi connectivity index (χ3v) is 8.59. The van der Waals surface area contributed by atoms with Crippen molar-refractivity contribution in [1.29, 1.82) is 0 Å². The molecule has 1 saturated carbocycles. The first-order chi connectivity index (χ1) is 20.9. The van der Waals surface area contributed by atoms with Gasteiger partial charge in [-0.05, 0) is 70.7 Å². The number of imidazole rings is 1. The lowest BCUT2D eigenvalue weighted by atomic mass is 10.1. The molecule has 234 valence electrons. The van der Waals surface area contributed by atoms with Crippen LogP contribution < -0.4 is 9.96 Å². The van der Waals surface area contributed by atoms with Gasteiger partial charge in [-0.1, -0.05) is 0 Å². The predicted molar refractivity (Wildman–Crippen MR) is 164 cm³/mol. The molecule has 0 N–H and O–H groups in total. The molecule has 1 saturated heterocycles. The van der Waals surface area contributed by atoms with Gasteiger partial charge in [0.25, 0.3) is 16.1 Å². The average molecular weight is 627 g/mol. The number of anilines is 3. The Hall–Kier alpha value is -3.75. The van der Waals surface area contributed by atoms with E-state index < -0.39 is 21.8 Å². The Balaban J connectivity index is 1.36. The topological polar surface area (TPSA) is 110 Å². The summed E-state index contributed by atoms with van der Waals surface area (Å²) < 4.78 is 62.4. The summed E-state index contributed by atoms with van der Waals surface area (Å²) in [6.45, 7) is 12.2. The van der Waals surface area contributed by atoms with Crippen molar-refractivity contribution in [2.45, 2.75) is 53.1 Å². The summed E-state index contributed by atoms with van der Waals surface area (Å²) in [5, 5.41) is 0.849. The summed E-state index contributed by atoms with van der Waals surface area (Å²) in [7, 11) is -4.08. The molecule has 2 fully saturated rings. The third kappa shape index (κ3) is 6.24. The third-order valence-electron chi connectivity index (χ3n) is 8.17. The van der Waals surface area contributed by atoms with Crippen molar-refractivity contribution < 1.29 is 21.5 Å². The number of piperazine rings is 1. The number of aromatic nitrogens is 5. The van der Waals surface area contributed by atoms with Crippen LogP contribution in [-0.4, -0.2) is 76.3 Å². The highest BCUT2D eigenvalue weighted by Gasteiger charge is 2.27. The lowest BCUT2D eigenvalue weighted by Crippen LogP contribution is -2.49. The number of halogens is 2. The molecule has 1 aromatic carbocycles. The van der Waals surface area contributed by atoms with E-state index in [0.717, 1.165) is 62.2 Å². The Morgan fingerprint density at radius 3 is 2.39 bits per heavy atom. The molecule has 3 aromatic heterocycles. The van der Waals surface area contributed by atoms with E-state index in [1.165, 1.54) is 6.07 Å². The van der Waals surface area contributed by atoms with Gasteiger partial charge in [-0.3, -0.25) is 4.90 Å². The van der Waals surface area contributed by atoms with Gasteiger partial charge in [0.2, 0.25) is 0 Å². The summed E-state index contributed by atoms with van der Waals surface area (Å²) in [5.41, 5.74) is 2.25. The van der Waals surface area contributed by atoms with Crippen LogP contribution in [0.5, 0.6) is 0 Å². The normalized spacial score (nSPS) is 16.3. The average Bonchev–Trinajstić information content (AvgIpc) is 3.74. The van der Waals surface area contributed by atoms with Gasteiger partial charge in [-0.15, -0.1) is 9.35 Å². The number of rotatable bonds is 9. The molecule has 0 amide bonds. The first-order valence-corrected chi connectivity index (χ1v) is 16.5. The second-order valence-corrected chi connectivity index (χ2v) is 13.4. The van der Waals surface area contributed by atoms with Gasteiger partial charge in [-0.2, -0.15) is 8.42 Å². The SMILES string of the molecule is Cc1nc(N(OS(C)(=O)=O)c2ncc(F)c(-c3cc(F)c4nc(C)n(CC5CC5)c4c3)n2)ccc1N1CCN(C(C)C)CC1. The lowest BCUT2D eigenvalue weighted by Gasteiger charge is -2.38. The van der Waals surface area contributed by atoms with E-state index >= 15 is 8.78 Å². The smallest absolute Gasteiger partial charge is 0.285 e. The van der Waals surface area contributed by atoms with Crippen molar-refractivity contribution in [3.8, 4) is 11.3 Å². The van der Waals surface area contributed by atoms with Crippen LogP contribution in [0.1, 0.15) is 38.2 Å². The van der Waals surface area contributed by atoms with Gasteiger partial charge in [0.05, 0.1) is 29.4 Å². The number of benzene rings is 1. The van der Waals surface area contributed by atoms with Gasteiger partial charge in [0.15, 0.2) is 17.5 Å². The number of pyridine rings is 1. The molecular formula is C30H36F2N8O3S. The number of aryl methyl sites for hydroxylation is 2. The fourth-order valence-electron chi connectivity index (χ4n) is 5.66. The van der Waals surface area contributed by atoms with Crippen molar-refractivity contribution in [2.75, 3.05) is 42.4 Å². The van der Waals surface area contributed by atoms with Crippen LogP contribution in [0.2, 0.25) is 0 Å². The maximum absolute atomic E-state index is 15.3. The van der Waals surface area contributed by atoms with Gasteiger partial charge in [0.1, 0.15) is 17.0 Å². The molecule has 0 atom stereocenters. The summed E-state index contributed by atoms with van der Waals surface area (Å²) in [4.78, 5) is 22.0. The Morgan fingerprint density at radius 1 is 1.02 bits per heavy atom.